The fraction of sp³-hybridized carbons (Fsp3) is 0.462. The van der Waals surface area contributed by atoms with Crippen LogP contribution in [-0.4, -0.2) is 16.4 Å². The predicted molar refractivity (Wildman–Crippen MR) is 68.0 cm³/mol. The van der Waals surface area contributed by atoms with Crippen LogP contribution in [0.1, 0.15) is 37.8 Å². The standard InChI is InChI=1S/C13H17NS/c1-11(15)14-10-6-5-9-13(14)12-7-3-2-4-8-12/h2-4,7-8,13H,5-6,9-10H2,1H3. The van der Waals surface area contributed by atoms with Crippen LogP contribution in [0.4, 0.5) is 0 Å². The van der Waals surface area contributed by atoms with Crippen molar-refractivity contribution >= 4 is 17.2 Å². The van der Waals surface area contributed by atoms with Crippen molar-refractivity contribution in [3.05, 3.63) is 35.9 Å². The van der Waals surface area contributed by atoms with E-state index in [9.17, 15) is 0 Å². The van der Waals surface area contributed by atoms with Crippen LogP contribution in [0.2, 0.25) is 0 Å². The zero-order valence-electron chi connectivity index (χ0n) is 9.15. The predicted octanol–water partition coefficient (Wildman–Crippen LogP) is 3.56. The van der Waals surface area contributed by atoms with Gasteiger partial charge in [-0.3, -0.25) is 0 Å². The van der Waals surface area contributed by atoms with Crippen molar-refractivity contribution in [2.24, 2.45) is 0 Å². The normalized spacial score (nSPS) is 21.4. The van der Waals surface area contributed by atoms with Crippen molar-refractivity contribution < 1.29 is 0 Å². The third-order valence-electron chi connectivity index (χ3n) is 3.09. The van der Waals surface area contributed by atoms with Crippen LogP contribution in [0.25, 0.3) is 0 Å². The van der Waals surface area contributed by atoms with Crippen LogP contribution in [0.15, 0.2) is 30.3 Å². The van der Waals surface area contributed by atoms with E-state index in [0.717, 1.165) is 11.5 Å². The monoisotopic (exact) mass is 219 g/mol. The lowest BCUT2D eigenvalue weighted by atomic mass is 9.95. The largest absolute Gasteiger partial charge is 0.359 e. The van der Waals surface area contributed by atoms with Crippen LogP contribution >= 0.6 is 12.2 Å². The second kappa shape index (κ2) is 4.75. The molecule has 1 heterocycles. The molecule has 1 fully saturated rings. The Morgan fingerprint density at radius 1 is 1.27 bits per heavy atom. The molecular formula is C13H17NS. The van der Waals surface area contributed by atoms with Crippen molar-refractivity contribution in [3.63, 3.8) is 0 Å². The molecule has 0 aliphatic carbocycles. The maximum atomic E-state index is 5.32. The Bertz CT molecular complexity index is 334. The van der Waals surface area contributed by atoms with E-state index in [1.807, 2.05) is 6.92 Å². The van der Waals surface area contributed by atoms with Gasteiger partial charge in [0.05, 0.1) is 11.0 Å². The SMILES string of the molecule is CC(=S)N1CCCCC1c1ccccc1. The summed E-state index contributed by atoms with van der Waals surface area (Å²) in [6.45, 7) is 3.16. The van der Waals surface area contributed by atoms with Gasteiger partial charge in [-0.2, -0.15) is 0 Å². The summed E-state index contributed by atoms with van der Waals surface area (Å²) in [5.41, 5.74) is 1.40. The molecule has 1 aromatic carbocycles. The third kappa shape index (κ3) is 2.37. The highest BCUT2D eigenvalue weighted by molar-refractivity contribution is 7.80. The summed E-state index contributed by atoms with van der Waals surface area (Å²) in [6, 6.07) is 11.2. The molecule has 15 heavy (non-hydrogen) atoms. The Kier molecular flexibility index (Phi) is 3.37. The fourth-order valence-electron chi connectivity index (χ4n) is 2.33. The molecule has 80 valence electrons. The average Bonchev–Trinajstić information content (AvgIpc) is 2.30. The van der Waals surface area contributed by atoms with Gasteiger partial charge >= 0.3 is 0 Å². The van der Waals surface area contributed by atoms with Crippen molar-refractivity contribution in [1.82, 2.24) is 4.90 Å². The van der Waals surface area contributed by atoms with Crippen molar-refractivity contribution in [2.75, 3.05) is 6.54 Å². The highest BCUT2D eigenvalue weighted by atomic mass is 32.1. The van der Waals surface area contributed by atoms with Gasteiger partial charge in [0.15, 0.2) is 0 Å². The molecule has 1 aliphatic heterocycles. The van der Waals surface area contributed by atoms with Gasteiger partial charge < -0.3 is 4.90 Å². The second-order valence-corrected chi connectivity index (χ2v) is 4.73. The van der Waals surface area contributed by atoms with Gasteiger partial charge in [0.2, 0.25) is 0 Å². The van der Waals surface area contributed by atoms with Crippen LogP contribution in [0.3, 0.4) is 0 Å². The van der Waals surface area contributed by atoms with Crippen molar-refractivity contribution in [2.45, 2.75) is 32.2 Å². The number of nitrogens with zero attached hydrogens (tertiary/aromatic N) is 1. The van der Waals surface area contributed by atoms with Gasteiger partial charge in [0, 0.05) is 6.54 Å². The lowest BCUT2D eigenvalue weighted by molar-refractivity contribution is 0.248. The van der Waals surface area contributed by atoms with Gasteiger partial charge in [-0.05, 0) is 31.7 Å². The highest BCUT2D eigenvalue weighted by Gasteiger charge is 2.23. The van der Waals surface area contributed by atoms with Crippen LogP contribution in [0.5, 0.6) is 0 Å². The van der Waals surface area contributed by atoms with E-state index in [1.54, 1.807) is 0 Å². The van der Waals surface area contributed by atoms with Crippen LogP contribution < -0.4 is 0 Å². The summed E-state index contributed by atoms with van der Waals surface area (Å²) in [5, 5.41) is 0. The van der Waals surface area contributed by atoms with Crippen LogP contribution in [-0.2, 0) is 0 Å². The first kappa shape index (κ1) is 10.6. The quantitative estimate of drug-likeness (QED) is 0.664. The number of benzene rings is 1. The van der Waals surface area contributed by atoms with E-state index in [-0.39, 0.29) is 0 Å². The zero-order chi connectivity index (χ0) is 10.7. The molecule has 0 aromatic heterocycles. The molecule has 1 nitrogen and oxygen atoms in total. The topological polar surface area (TPSA) is 3.24 Å². The first-order valence-corrected chi connectivity index (χ1v) is 6.02. The second-order valence-electron chi connectivity index (χ2n) is 4.13. The Balaban J connectivity index is 2.22. The molecule has 1 aromatic rings. The number of likely N-dealkylation sites (tertiary alicyclic amines) is 1. The molecule has 1 unspecified atom stereocenters. The van der Waals surface area contributed by atoms with Gasteiger partial charge in [-0.25, -0.2) is 0 Å². The lowest BCUT2D eigenvalue weighted by Gasteiger charge is -2.37. The summed E-state index contributed by atoms with van der Waals surface area (Å²) < 4.78 is 0. The summed E-state index contributed by atoms with van der Waals surface area (Å²) in [5.74, 6) is 0. The van der Waals surface area contributed by atoms with Crippen molar-refractivity contribution in [1.29, 1.82) is 0 Å². The molecule has 0 amide bonds. The number of hydrogen-bond donors (Lipinski definition) is 0. The number of piperidine rings is 1. The molecule has 1 saturated heterocycles. The summed E-state index contributed by atoms with van der Waals surface area (Å²) in [7, 11) is 0. The smallest absolute Gasteiger partial charge is 0.0752 e. The van der Waals surface area contributed by atoms with E-state index in [0.29, 0.717) is 6.04 Å². The van der Waals surface area contributed by atoms with Gasteiger partial charge in [-0.15, -0.1) is 0 Å². The highest BCUT2D eigenvalue weighted by Crippen LogP contribution is 2.30. The molecule has 0 spiro atoms. The van der Waals surface area contributed by atoms with E-state index in [1.165, 1.54) is 24.8 Å². The van der Waals surface area contributed by atoms with E-state index in [2.05, 4.69) is 35.2 Å². The first-order chi connectivity index (χ1) is 7.29. The molecule has 2 heteroatoms. The Labute approximate surface area is 97.1 Å². The van der Waals surface area contributed by atoms with Crippen LogP contribution in [0, 0.1) is 0 Å². The zero-order valence-corrected chi connectivity index (χ0v) is 9.96. The van der Waals surface area contributed by atoms with E-state index >= 15 is 0 Å². The minimum Gasteiger partial charge on any atom is -0.359 e. The summed E-state index contributed by atoms with van der Waals surface area (Å²) in [4.78, 5) is 3.40. The van der Waals surface area contributed by atoms with Gasteiger partial charge in [-0.1, -0.05) is 42.5 Å². The molecule has 1 aliphatic rings. The molecule has 2 rings (SSSR count). The Morgan fingerprint density at radius 3 is 2.67 bits per heavy atom. The van der Waals surface area contributed by atoms with Gasteiger partial charge in [0.1, 0.15) is 0 Å². The van der Waals surface area contributed by atoms with E-state index < -0.39 is 0 Å². The maximum absolute atomic E-state index is 5.32. The molecule has 0 N–H and O–H groups in total. The summed E-state index contributed by atoms with van der Waals surface area (Å²) >= 11 is 5.32. The minimum absolute atomic E-state index is 0.512. The number of hydrogen-bond acceptors (Lipinski definition) is 1. The molecule has 0 bridgehead atoms. The average molecular weight is 219 g/mol. The maximum Gasteiger partial charge on any atom is 0.0752 e. The lowest BCUT2D eigenvalue weighted by Crippen LogP contribution is -2.35. The number of thiocarbonyl (C=S) groups is 1. The third-order valence-corrected chi connectivity index (χ3v) is 3.33. The molecule has 0 saturated carbocycles. The Hall–Kier alpha value is -0.890. The summed E-state index contributed by atoms with van der Waals surface area (Å²) in [6.07, 6.45) is 3.83. The molecule has 0 radical (unpaired) electrons. The van der Waals surface area contributed by atoms with Gasteiger partial charge in [0.25, 0.3) is 0 Å². The minimum atomic E-state index is 0.512. The number of rotatable bonds is 1. The van der Waals surface area contributed by atoms with E-state index in [4.69, 9.17) is 12.2 Å². The Morgan fingerprint density at radius 2 is 2.00 bits per heavy atom. The molecular weight excluding hydrogens is 202 g/mol. The molecule has 1 atom stereocenters. The fourth-order valence-corrected chi connectivity index (χ4v) is 2.55. The first-order valence-electron chi connectivity index (χ1n) is 5.61. The van der Waals surface area contributed by atoms with Crippen molar-refractivity contribution in [3.8, 4) is 0 Å².